The third-order valence-electron chi connectivity index (χ3n) is 4.12. The summed E-state index contributed by atoms with van der Waals surface area (Å²) >= 11 is 8.20. The lowest BCUT2D eigenvalue weighted by Crippen LogP contribution is -2.33. The predicted molar refractivity (Wildman–Crippen MR) is 96.1 cm³/mol. The molecule has 1 atom stereocenters. The van der Waals surface area contributed by atoms with Gasteiger partial charge in [-0.05, 0) is 37.1 Å². The van der Waals surface area contributed by atoms with E-state index in [1.807, 2.05) is 53.9 Å². The van der Waals surface area contributed by atoms with Gasteiger partial charge >= 0.3 is 0 Å². The number of amides is 1. The smallest absolute Gasteiger partial charge is 0.255 e. The molecule has 0 aliphatic carbocycles. The van der Waals surface area contributed by atoms with Crippen LogP contribution in [-0.4, -0.2) is 34.6 Å². The molecule has 1 aromatic heterocycles. The summed E-state index contributed by atoms with van der Waals surface area (Å²) in [5.74, 6) is 0.997. The SMILES string of the molecule is Cc1ncccc1C(=O)N1CCSC(c2ccccc2Cl)CC1. The highest BCUT2D eigenvalue weighted by Crippen LogP contribution is 2.37. The van der Waals surface area contributed by atoms with E-state index in [0.29, 0.717) is 10.8 Å². The topological polar surface area (TPSA) is 33.2 Å². The second kappa shape index (κ2) is 7.37. The number of rotatable bonds is 2. The Morgan fingerprint density at radius 1 is 1.26 bits per heavy atom. The van der Waals surface area contributed by atoms with E-state index >= 15 is 0 Å². The van der Waals surface area contributed by atoms with Crippen LogP contribution in [0.5, 0.6) is 0 Å². The van der Waals surface area contributed by atoms with Crippen molar-refractivity contribution in [3.63, 3.8) is 0 Å². The minimum Gasteiger partial charge on any atom is -0.338 e. The van der Waals surface area contributed by atoms with Crippen LogP contribution in [0.2, 0.25) is 5.02 Å². The number of halogens is 1. The Kier molecular flexibility index (Phi) is 5.23. The van der Waals surface area contributed by atoms with Gasteiger partial charge in [-0.25, -0.2) is 0 Å². The van der Waals surface area contributed by atoms with Crippen LogP contribution >= 0.6 is 23.4 Å². The monoisotopic (exact) mass is 346 g/mol. The van der Waals surface area contributed by atoms with E-state index in [1.54, 1.807) is 6.20 Å². The van der Waals surface area contributed by atoms with Crippen molar-refractivity contribution in [3.8, 4) is 0 Å². The van der Waals surface area contributed by atoms with Crippen molar-refractivity contribution in [3.05, 3.63) is 64.4 Å². The second-order valence-corrected chi connectivity index (χ2v) is 7.32. The first-order chi connectivity index (χ1) is 11.2. The normalized spacial score (nSPS) is 18.5. The van der Waals surface area contributed by atoms with Gasteiger partial charge < -0.3 is 4.90 Å². The average Bonchev–Trinajstić information content (AvgIpc) is 2.81. The molecule has 5 heteroatoms. The van der Waals surface area contributed by atoms with Crippen LogP contribution in [0.25, 0.3) is 0 Å². The molecule has 0 bridgehead atoms. The molecule has 1 aromatic carbocycles. The Labute approximate surface area is 146 Å². The van der Waals surface area contributed by atoms with Crippen LogP contribution in [0, 0.1) is 6.92 Å². The fraction of sp³-hybridized carbons (Fsp3) is 0.333. The third kappa shape index (κ3) is 3.70. The molecular weight excluding hydrogens is 328 g/mol. The second-order valence-electron chi connectivity index (χ2n) is 5.60. The number of aryl methyl sites for hydroxylation is 1. The van der Waals surface area contributed by atoms with E-state index < -0.39 is 0 Å². The molecule has 23 heavy (non-hydrogen) atoms. The Morgan fingerprint density at radius 3 is 2.87 bits per heavy atom. The number of nitrogens with zero attached hydrogens (tertiary/aromatic N) is 2. The van der Waals surface area contributed by atoms with Gasteiger partial charge in [-0.2, -0.15) is 11.8 Å². The molecule has 0 saturated carbocycles. The molecule has 1 aliphatic heterocycles. The summed E-state index contributed by atoms with van der Waals surface area (Å²) in [5.41, 5.74) is 2.66. The highest BCUT2D eigenvalue weighted by atomic mass is 35.5. The number of hydrogen-bond acceptors (Lipinski definition) is 3. The van der Waals surface area contributed by atoms with E-state index in [1.165, 1.54) is 5.56 Å². The summed E-state index contributed by atoms with van der Waals surface area (Å²) in [6, 6.07) is 11.7. The van der Waals surface area contributed by atoms with E-state index in [9.17, 15) is 4.79 Å². The quantitative estimate of drug-likeness (QED) is 0.809. The molecule has 120 valence electrons. The summed E-state index contributed by atoms with van der Waals surface area (Å²) in [5, 5.41) is 1.16. The van der Waals surface area contributed by atoms with Crippen molar-refractivity contribution < 1.29 is 4.79 Å². The number of benzene rings is 1. The molecule has 2 aromatic rings. The maximum absolute atomic E-state index is 12.7. The van der Waals surface area contributed by atoms with Gasteiger partial charge in [0.15, 0.2) is 0 Å². The molecule has 1 aliphatic rings. The van der Waals surface area contributed by atoms with Crippen molar-refractivity contribution in [2.75, 3.05) is 18.8 Å². The molecule has 2 heterocycles. The van der Waals surface area contributed by atoms with E-state index in [0.717, 1.165) is 36.0 Å². The standard InChI is InChI=1S/C18H19ClN2OS/c1-13-14(6-4-9-20-13)18(22)21-10-8-17(23-12-11-21)15-5-2-3-7-16(15)19/h2-7,9,17H,8,10-12H2,1H3. The Morgan fingerprint density at radius 2 is 2.09 bits per heavy atom. The van der Waals surface area contributed by atoms with Crippen LogP contribution in [0.1, 0.15) is 33.3 Å². The molecule has 1 unspecified atom stereocenters. The molecular formula is C18H19ClN2OS. The van der Waals surface area contributed by atoms with Crippen molar-refractivity contribution in [2.24, 2.45) is 0 Å². The molecule has 1 fully saturated rings. The van der Waals surface area contributed by atoms with E-state index in [4.69, 9.17) is 11.6 Å². The minimum absolute atomic E-state index is 0.0796. The number of pyridine rings is 1. The first kappa shape index (κ1) is 16.3. The fourth-order valence-corrected chi connectivity index (χ4v) is 4.44. The van der Waals surface area contributed by atoms with Gasteiger partial charge in [0.25, 0.3) is 5.91 Å². The lowest BCUT2D eigenvalue weighted by atomic mass is 10.1. The average molecular weight is 347 g/mol. The molecule has 0 spiro atoms. The first-order valence-corrected chi connectivity index (χ1v) is 9.16. The predicted octanol–water partition coefficient (Wildman–Crippen LogP) is 4.36. The molecule has 1 amide bonds. The van der Waals surface area contributed by atoms with Crippen molar-refractivity contribution in [1.82, 2.24) is 9.88 Å². The van der Waals surface area contributed by atoms with Gasteiger partial charge in [-0.1, -0.05) is 29.8 Å². The summed E-state index contributed by atoms with van der Waals surface area (Å²) in [7, 11) is 0. The Hall–Kier alpha value is -1.52. The largest absolute Gasteiger partial charge is 0.338 e. The van der Waals surface area contributed by atoms with Gasteiger partial charge in [0, 0.05) is 41.0 Å². The van der Waals surface area contributed by atoms with E-state index in [2.05, 4.69) is 11.1 Å². The lowest BCUT2D eigenvalue weighted by Gasteiger charge is -2.21. The van der Waals surface area contributed by atoms with Gasteiger partial charge in [-0.15, -0.1) is 0 Å². The molecule has 3 rings (SSSR count). The summed E-state index contributed by atoms with van der Waals surface area (Å²) in [6.07, 6.45) is 2.64. The molecule has 1 saturated heterocycles. The van der Waals surface area contributed by atoms with Crippen LogP contribution < -0.4 is 0 Å². The van der Waals surface area contributed by atoms with Gasteiger partial charge in [0.05, 0.1) is 5.56 Å². The van der Waals surface area contributed by atoms with E-state index in [-0.39, 0.29) is 5.91 Å². The minimum atomic E-state index is 0.0796. The summed E-state index contributed by atoms with van der Waals surface area (Å²) < 4.78 is 0. The van der Waals surface area contributed by atoms with Crippen LogP contribution in [0.3, 0.4) is 0 Å². The summed E-state index contributed by atoms with van der Waals surface area (Å²) in [6.45, 7) is 3.39. The Balaban J connectivity index is 1.73. The number of carbonyl (C=O) groups is 1. The zero-order chi connectivity index (χ0) is 16.2. The van der Waals surface area contributed by atoms with Crippen LogP contribution in [-0.2, 0) is 0 Å². The highest BCUT2D eigenvalue weighted by Gasteiger charge is 2.24. The van der Waals surface area contributed by atoms with Crippen LogP contribution in [0.4, 0.5) is 0 Å². The van der Waals surface area contributed by atoms with Crippen molar-refractivity contribution in [2.45, 2.75) is 18.6 Å². The van der Waals surface area contributed by atoms with Crippen molar-refractivity contribution >= 4 is 29.3 Å². The zero-order valence-electron chi connectivity index (χ0n) is 13.0. The third-order valence-corrected chi connectivity index (χ3v) is 5.77. The highest BCUT2D eigenvalue weighted by molar-refractivity contribution is 7.99. The number of hydrogen-bond donors (Lipinski definition) is 0. The first-order valence-electron chi connectivity index (χ1n) is 7.73. The fourth-order valence-electron chi connectivity index (χ4n) is 2.84. The van der Waals surface area contributed by atoms with Gasteiger partial charge in [0.2, 0.25) is 0 Å². The molecule has 0 radical (unpaired) electrons. The lowest BCUT2D eigenvalue weighted by molar-refractivity contribution is 0.0765. The van der Waals surface area contributed by atoms with Gasteiger partial charge in [0.1, 0.15) is 0 Å². The Bertz CT molecular complexity index is 707. The number of carbonyl (C=O) groups excluding carboxylic acids is 1. The molecule has 0 N–H and O–H groups in total. The van der Waals surface area contributed by atoms with Crippen molar-refractivity contribution in [1.29, 1.82) is 0 Å². The van der Waals surface area contributed by atoms with Crippen LogP contribution in [0.15, 0.2) is 42.6 Å². The molecule has 3 nitrogen and oxygen atoms in total. The summed E-state index contributed by atoms with van der Waals surface area (Å²) in [4.78, 5) is 18.9. The van der Waals surface area contributed by atoms with Gasteiger partial charge in [-0.3, -0.25) is 9.78 Å². The number of thioether (sulfide) groups is 1. The zero-order valence-corrected chi connectivity index (χ0v) is 14.6. The maximum atomic E-state index is 12.7. The maximum Gasteiger partial charge on any atom is 0.255 e. The number of aromatic nitrogens is 1.